The standard InChI is InChI=1S/C15H25FN2O5S/c1-15(2,3)23-14(20)17-6-4-5-12(9-17)18-8-11(7-13(18)19)10-24(16,21)22/h11-12H,4-10H2,1-3H3/t11?,12-/m1/s1. The van der Waals surface area contributed by atoms with Gasteiger partial charge in [0.15, 0.2) is 0 Å². The van der Waals surface area contributed by atoms with Gasteiger partial charge in [-0.2, -0.15) is 8.42 Å². The first-order valence-corrected chi connectivity index (χ1v) is 9.69. The summed E-state index contributed by atoms with van der Waals surface area (Å²) in [6, 6.07) is -0.175. The molecule has 2 saturated heterocycles. The number of halogens is 1. The van der Waals surface area contributed by atoms with Crippen molar-refractivity contribution in [1.29, 1.82) is 0 Å². The van der Waals surface area contributed by atoms with Crippen molar-refractivity contribution in [2.75, 3.05) is 25.4 Å². The van der Waals surface area contributed by atoms with Crippen LogP contribution in [0.4, 0.5) is 8.68 Å². The summed E-state index contributed by atoms with van der Waals surface area (Å²) in [7, 11) is -4.59. The monoisotopic (exact) mass is 364 g/mol. The van der Waals surface area contributed by atoms with Crippen molar-refractivity contribution >= 4 is 22.2 Å². The van der Waals surface area contributed by atoms with E-state index in [0.29, 0.717) is 13.1 Å². The van der Waals surface area contributed by atoms with E-state index in [2.05, 4.69) is 0 Å². The van der Waals surface area contributed by atoms with Crippen LogP contribution in [0, 0.1) is 5.92 Å². The smallest absolute Gasteiger partial charge is 0.410 e. The van der Waals surface area contributed by atoms with Gasteiger partial charge >= 0.3 is 16.3 Å². The van der Waals surface area contributed by atoms with Crippen molar-refractivity contribution in [2.45, 2.75) is 51.7 Å². The quantitative estimate of drug-likeness (QED) is 0.709. The Morgan fingerprint density at radius 2 is 2.00 bits per heavy atom. The fraction of sp³-hybridized carbons (Fsp3) is 0.867. The summed E-state index contributed by atoms with van der Waals surface area (Å²) >= 11 is 0. The molecule has 9 heteroatoms. The van der Waals surface area contributed by atoms with Crippen LogP contribution < -0.4 is 0 Å². The lowest BCUT2D eigenvalue weighted by molar-refractivity contribution is -0.130. The molecule has 0 bridgehead atoms. The Labute approximate surface area is 142 Å². The van der Waals surface area contributed by atoms with Crippen LogP contribution in [0.3, 0.4) is 0 Å². The minimum Gasteiger partial charge on any atom is -0.444 e. The third-order valence-electron chi connectivity index (χ3n) is 4.16. The average molecular weight is 364 g/mol. The first-order valence-electron chi connectivity index (χ1n) is 8.14. The highest BCUT2D eigenvalue weighted by atomic mass is 32.3. The fourth-order valence-corrected chi connectivity index (χ4v) is 4.04. The number of hydrogen-bond donors (Lipinski definition) is 0. The number of amides is 2. The molecule has 2 amide bonds. The average Bonchev–Trinajstić information content (AvgIpc) is 2.75. The van der Waals surface area contributed by atoms with Crippen LogP contribution in [-0.2, 0) is 19.8 Å². The number of rotatable bonds is 3. The topological polar surface area (TPSA) is 84.0 Å². The van der Waals surface area contributed by atoms with E-state index >= 15 is 0 Å². The lowest BCUT2D eigenvalue weighted by atomic mass is 10.0. The molecule has 0 aromatic heterocycles. The normalized spacial score (nSPS) is 25.9. The molecular weight excluding hydrogens is 339 g/mol. The van der Waals surface area contributed by atoms with E-state index in [9.17, 15) is 21.9 Å². The van der Waals surface area contributed by atoms with Gasteiger partial charge in [0.05, 0.1) is 5.75 Å². The Bertz CT molecular complexity index is 601. The lowest BCUT2D eigenvalue weighted by Crippen LogP contribution is -2.51. The zero-order chi connectivity index (χ0) is 18.1. The molecule has 2 aliphatic heterocycles. The summed E-state index contributed by atoms with van der Waals surface area (Å²) in [6.07, 6.45) is 1.09. The zero-order valence-electron chi connectivity index (χ0n) is 14.3. The number of hydrogen-bond acceptors (Lipinski definition) is 5. The van der Waals surface area contributed by atoms with Crippen molar-refractivity contribution in [3.8, 4) is 0 Å². The highest BCUT2D eigenvalue weighted by Crippen LogP contribution is 2.26. The van der Waals surface area contributed by atoms with Gasteiger partial charge in [0, 0.05) is 38.0 Å². The van der Waals surface area contributed by atoms with Crippen molar-refractivity contribution in [3.63, 3.8) is 0 Å². The molecule has 7 nitrogen and oxygen atoms in total. The second-order valence-corrected chi connectivity index (χ2v) is 8.96. The lowest BCUT2D eigenvalue weighted by Gasteiger charge is -2.38. The van der Waals surface area contributed by atoms with Gasteiger partial charge in [0.1, 0.15) is 5.60 Å². The molecular formula is C15H25FN2O5S. The summed E-state index contributed by atoms with van der Waals surface area (Å²) in [5.74, 6) is -1.33. The van der Waals surface area contributed by atoms with Crippen LogP contribution in [-0.4, -0.2) is 67.2 Å². The third-order valence-corrected chi connectivity index (χ3v) is 5.03. The maximum atomic E-state index is 12.8. The molecule has 2 fully saturated rings. The molecule has 2 heterocycles. The molecule has 2 aliphatic rings. The first-order chi connectivity index (χ1) is 10.9. The second kappa shape index (κ2) is 6.85. The highest BCUT2D eigenvalue weighted by molar-refractivity contribution is 7.86. The highest BCUT2D eigenvalue weighted by Gasteiger charge is 2.39. The van der Waals surface area contributed by atoms with Crippen molar-refractivity contribution in [2.24, 2.45) is 5.92 Å². The van der Waals surface area contributed by atoms with Crippen LogP contribution in [0.2, 0.25) is 0 Å². The van der Waals surface area contributed by atoms with E-state index in [0.717, 1.165) is 12.8 Å². The molecule has 0 N–H and O–H groups in total. The maximum absolute atomic E-state index is 12.8. The number of piperidine rings is 1. The Balaban J connectivity index is 1.97. The predicted octanol–water partition coefficient (Wildman–Crippen LogP) is 1.53. The van der Waals surface area contributed by atoms with Gasteiger partial charge < -0.3 is 14.5 Å². The second-order valence-electron chi connectivity index (χ2n) is 7.54. The molecule has 0 radical (unpaired) electrons. The van der Waals surface area contributed by atoms with Gasteiger partial charge in [-0.25, -0.2) is 4.79 Å². The molecule has 1 unspecified atom stereocenters. The molecule has 0 saturated carbocycles. The summed E-state index contributed by atoms with van der Waals surface area (Å²) in [6.45, 7) is 6.51. The number of nitrogens with zero attached hydrogens (tertiary/aromatic N) is 2. The molecule has 0 spiro atoms. The van der Waals surface area contributed by atoms with E-state index in [4.69, 9.17) is 4.74 Å². The molecule has 0 aromatic carbocycles. The summed E-state index contributed by atoms with van der Waals surface area (Å²) in [5, 5.41) is 0. The summed E-state index contributed by atoms with van der Waals surface area (Å²) in [4.78, 5) is 27.5. The Morgan fingerprint density at radius 1 is 1.33 bits per heavy atom. The van der Waals surface area contributed by atoms with Crippen LogP contribution >= 0.6 is 0 Å². The van der Waals surface area contributed by atoms with Crippen molar-refractivity contribution in [1.82, 2.24) is 9.80 Å². The zero-order valence-corrected chi connectivity index (χ0v) is 15.1. The molecule has 138 valence electrons. The van der Waals surface area contributed by atoms with Gasteiger partial charge in [-0.1, -0.05) is 0 Å². The third kappa shape index (κ3) is 5.32. The van der Waals surface area contributed by atoms with Crippen LogP contribution in [0.1, 0.15) is 40.0 Å². The number of ether oxygens (including phenoxy) is 1. The Kier molecular flexibility index (Phi) is 5.41. The number of likely N-dealkylation sites (tertiary alicyclic amines) is 2. The summed E-state index contributed by atoms with van der Waals surface area (Å²) < 4.78 is 39.8. The van der Waals surface area contributed by atoms with E-state index in [-0.39, 0.29) is 24.9 Å². The first kappa shape index (κ1) is 19.0. The minimum absolute atomic E-state index is 0.0338. The van der Waals surface area contributed by atoms with Crippen molar-refractivity contribution < 1.29 is 26.6 Å². The van der Waals surface area contributed by atoms with E-state index in [1.165, 1.54) is 0 Å². The number of carbonyl (C=O) groups is 2. The Hall–Kier alpha value is -1.38. The Morgan fingerprint density at radius 3 is 2.58 bits per heavy atom. The van der Waals surface area contributed by atoms with Gasteiger partial charge in [-0.3, -0.25) is 4.79 Å². The predicted molar refractivity (Wildman–Crippen MR) is 85.5 cm³/mol. The van der Waals surface area contributed by atoms with Crippen LogP contribution in [0.5, 0.6) is 0 Å². The molecule has 24 heavy (non-hydrogen) atoms. The van der Waals surface area contributed by atoms with Crippen LogP contribution in [0.25, 0.3) is 0 Å². The van der Waals surface area contributed by atoms with E-state index in [1.54, 1.807) is 30.6 Å². The van der Waals surface area contributed by atoms with E-state index in [1.807, 2.05) is 0 Å². The fourth-order valence-electron chi connectivity index (χ4n) is 3.26. The molecule has 0 aliphatic carbocycles. The molecule has 2 rings (SSSR count). The molecule has 0 aromatic rings. The van der Waals surface area contributed by atoms with E-state index < -0.39 is 33.6 Å². The minimum atomic E-state index is -4.59. The summed E-state index contributed by atoms with van der Waals surface area (Å²) in [5.41, 5.74) is -0.589. The number of carbonyl (C=O) groups excluding carboxylic acids is 2. The maximum Gasteiger partial charge on any atom is 0.410 e. The van der Waals surface area contributed by atoms with Gasteiger partial charge in [-0.15, -0.1) is 3.89 Å². The SMILES string of the molecule is CC(C)(C)OC(=O)N1CCC[C@@H](N2CC(CS(=O)(=O)F)CC2=O)C1. The van der Waals surface area contributed by atoms with Gasteiger partial charge in [-0.05, 0) is 33.6 Å². The van der Waals surface area contributed by atoms with Crippen LogP contribution in [0.15, 0.2) is 0 Å². The van der Waals surface area contributed by atoms with Gasteiger partial charge in [0.25, 0.3) is 0 Å². The van der Waals surface area contributed by atoms with Gasteiger partial charge in [0.2, 0.25) is 5.91 Å². The largest absolute Gasteiger partial charge is 0.444 e. The molecule has 2 atom stereocenters. The van der Waals surface area contributed by atoms with Crippen molar-refractivity contribution in [3.05, 3.63) is 0 Å².